The Morgan fingerprint density at radius 2 is 1.86 bits per heavy atom. The van der Waals surface area contributed by atoms with E-state index in [2.05, 4.69) is 0 Å². The molecule has 1 aromatic rings. The number of carboxylic acids is 1. The van der Waals surface area contributed by atoms with E-state index in [1.54, 1.807) is 6.07 Å². The highest BCUT2D eigenvalue weighted by Gasteiger charge is 2.45. The summed E-state index contributed by atoms with van der Waals surface area (Å²) in [5.41, 5.74) is 1.07. The molecule has 2 nitrogen and oxygen atoms in total. The van der Waals surface area contributed by atoms with Crippen molar-refractivity contribution >= 4 is 5.97 Å². The molecule has 1 N–H and O–H groups in total. The van der Waals surface area contributed by atoms with E-state index in [0.29, 0.717) is 12.8 Å². The van der Waals surface area contributed by atoms with Crippen molar-refractivity contribution in [1.29, 1.82) is 0 Å². The van der Waals surface area contributed by atoms with Crippen LogP contribution in [0.2, 0.25) is 0 Å². The molecule has 1 aromatic carbocycles. The Kier molecular flexibility index (Phi) is 4.35. The van der Waals surface area contributed by atoms with E-state index in [-0.39, 0.29) is 18.4 Å². The summed E-state index contributed by atoms with van der Waals surface area (Å²) < 4.78 is 29.2. The molecule has 1 saturated carbocycles. The number of benzene rings is 1. The minimum absolute atomic E-state index is 0.00210. The van der Waals surface area contributed by atoms with Crippen LogP contribution in [0.1, 0.15) is 55.2 Å². The number of alkyl halides is 2. The Morgan fingerprint density at radius 3 is 2.38 bits per heavy atom. The van der Waals surface area contributed by atoms with Crippen LogP contribution in [-0.2, 0) is 10.7 Å². The van der Waals surface area contributed by atoms with Gasteiger partial charge in [0.2, 0.25) is 0 Å². The molecule has 0 saturated heterocycles. The van der Waals surface area contributed by atoms with Crippen molar-refractivity contribution in [3.8, 4) is 0 Å². The molecule has 0 bridgehead atoms. The van der Waals surface area contributed by atoms with E-state index in [4.69, 9.17) is 5.11 Å². The van der Waals surface area contributed by atoms with Gasteiger partial charge < -0.3 is 5.11 Å². The second kappa shape index (κ2) is 5.74. The molecular weight excluding hydrogens is 274 g/mol. The van der Waals surface area contributed by atoms with Gasteiger partial charge in [0.05, 0.1) is 6.42 Å². The van der Waals surface area contributed by atoms with Gasteiger partial charge in [0.25, 0.3) is 5.92 Å². The maximum absolute atomic E-state index is 14.6. The predicted octanol–water partition coefficient (Wildman–Crippen LogP) is 4.82. The Balaban J connectivity index is 2.25. The van der Waals surface area contributed by atoms with E-state index < -0.39 is 17.3 Å². The van der Waals surface area contributed by atoms with Crippen LogP contribution in [0.5, 0.6) is 0 Å². The average molecular weight is 296 g/mol. The van der Waals surface area contributed by atoms with Crippen LogP contribution in [0.3, 0.4) is 0 Å². The Morgan fingerprint density at radius 1 is 1.24 bits per heavy atom. The van der Waals surface area contributed by atoms with Gasteiger partial charge >= 0.3 is 5.97 Å². The minimum Gasteiger partial charge on any atom is -0.481 e. The summed E-state index contributed by atoms with van der Waals surface area (Å²) in [6.07, 6.45) is 2.33. The quantitative estimate of drug-likeness (QED) is 0.845. The fourth-order valence-corrected chi connectivity index (χ4v) is 3.40. The summed E-state index contributed by atoms with van der Waals surface area (Å²) in [5, 5.41) is 9.04. The lowest BCUT2D eigenvalue weighted by molar-refractivity contribution is -0.141. The summed E-state index contributed by atoms with van der Waals surface area (Å²) in [5.74, 6) is -3.95. The van der Waals surface area contributed by atoms with Crippen LogP contribution in [-0.4, -0.2) is 11.1 Å². The molecule has 116 valence electrons. The summed E-state index contributed by atoms with van der Waals surface area (Å²) in [7, 11) is 0. The first-order valence-corrected chi connectivity index (χ1v) is 7.42. The number of aryl methyl sites for hydroxylation is 2. The maximum atomic E-state index is 14.6. The van der Waals surface area contributed by atoms with Crippen molar-refractivity contribution in [2.24, 2.45) is 5.41 Å². The fraction of sp³-hybridized carbons (Fsp3) is 0.588. The minimum atomic E-state index is -2.97. The highest BCUT2D eigenvalue weighted by molar-refractivity contribution is 5.67. The number of hydrogen-bond donors (Lipinski definition) is 1. The summed E-state index contributed by atoms with van der Waals surface area (Å²) in [6, 6.07) is 4.70. The smallest absolute Gasteiger partial charge is 0.303 e. The van der Waals surface area contributed by atoms with Crippen molar-refractivity contribution in [1.82, 2.24) is 0 Å². The van der Waals surface area contributed by atoms with Crippen molar-refractivity contribution in [2.45, 2.75) is 58.3 Å². The molecule has 1 aliphatic rings. The van der Waals surface area contributed by atoms with E-state index in [0.717, 1.165) is 24.0 Å². The molecule has 0 amide bonds. The molecule has 0 atom stereocenters. The van der Waals surface area contributed by atoms with Gasteiger partial charge in [0, 0.05) is 12.0 Å². The summed E-state index contributed by atoms with van der Waals surface area (Å²) in [6.45, 7) is 3.71. The van der Waals surface area contributed by atoms with Crippen molar-refractivity contribution in [2.75, 3.05) is 0 Å². The van der Waals surface area contributed by atoms with Crippen LogP contribution >= 0.6 is 0 Å². The second-order valence-electron chi connectivity index (χ2n) is 6.46. The van der Waals surface area contributed by atoms with E-state index in [1.807, 2.05) is 13.8 Å². The first-order valence-electron chi connectivity index (χ1n) is 7.42. The number of aliphatic carboxylic acids is 1. The van der Waals surface area contributed by atoms with Gasteiger partial charge in [0.1, 0.15) is 0 Å². The third kappa shape index (κ3) is 3.60. The van der Waals surface area contributed by atoms with Gasteiger partial charge in [-0.3, -0.25) is 4.79 Å². The molecular formula is C17H22F2O2. The van der Waals surface area contributed by atoms with E-state index >= 15 is 0 Å². The molecule has 1 aliphatic carbocycles. The standard InChI is InChI=1S/C17H22F2O2/c1-12-5-6-14(9-13(12)2)17(18,19)11-16(10-15(20)21)7-3-4-8-16/h5-6,9H,3-4,7-8,10-11H2,1-2H3,(H,20,21). The van der Waals surface area contributed by atoms with Crippen LogP contribution in [0.15, 0.2) is 18.2 Å². The average Bonchev–Trinajstić information content (AvgIpc) is 2.78. The lowest BCUT2D eigenvalue weighted by Crippen LogP contribution is -2.29. The monoisotopic (exact) mass is 296 g/mol. The van der Waals surface area contributed by atoms with Crippen molar-refractivity contribution in [3.05, 3.63) is 34.9 Å². The number of carbonyl (C=O) groups is 1. The molecule has 0 spiro atoms. The third-order valence-corrected chi connectivity index (χ3v) is 4.72. The van der Waals surface area contributed by atoms with Gasteiger partial charge in [-0.1, -0.05) is 25.0 Å². The normalized spacial score (nSPS) is 17.9. The first-order chi connectivity index (χ1) is 9.74. The number of halogens is 2. The van der Waals surface area contributed by atoms with Gasteiger partial charge in [-0.25, -0.2) is 8.78 Å². The molecule has 0 unspecified atom stereocenters. The molecule has 0 aromatic heterocycles. The third-order valence-electron chi connectivity index (χ3n) is 4.72. The van der Waals surface area contributed by atoms with Crippen LogP contribution in [0.25, 0.3) is 0 Å². The highest BCUT2D eigenvalue weighted by atomic mass is 19.3. The lowest BCUT2D eigenvalue weighted by Gasteiger charge is -2.32. The Bertz CT molecular complexity index is 532. The SMILES string of the molecule is Cc1ccc(C(F)(F)CC2(CC(=O)O)CCCC2)cc1C. The fourth-order valence-electron chi connectivity index (χ4n) is 3.40. The topological polar surface area (TPSA) is 37.3 Å². The zero-order valence-corrected chi connectivity index (χ0v) is 12.6. The molecule has 4 heteroatoms. The summed E-state index contributed by atoms with van der Waals surface area (Å²) in [4.78, 5) is 11.0. The largest absolute Gasteiger partial charge is 0.481 e. The highest BCUT2D eigenvalue weighted by Crippen LogP contribution is 2.51. The van der Waals surface area contributed by atoms with E-state index in [9.17, 15) is 13.6 Å². The van der Waals surface area contributed by atoms with E-state index in [1.165, 1.54) is 12.1 Å². The van der Waals surface area contributed by atoms with Gasteiger partial charge in [-0.05, 0) is 49.3 Å². The van der Waals surface area contributed by atoms with Gasteiger partial charge in [-0.15, -0.1) is 0 Å². The Labute approximate surface area is 124 Å². The van der Waals surface area contributed by atoms with Crippen molar-refractivity contribution < 1.29 is 18.7 Å². The van der Waals surface area contributed by atoms with Crippen LogP contribution in [0.4, 0.5) is 8.78 Å². The zero-order valence-electron chi connectivity index (χ0n) is 12.6. The number of carboxylic acid groups (broad SMARTS) is 1. The lowest BCUT2D eigenvalue weighted by atomic mass is 9.76. The van der Waals surface area contributed by atoms with Crippen LogP contribution < -0.4 is 0 Å². The molecule has 0 aliphatic heterocycles. The molecule has 0 radical (unpaired) electrons. The number of rotatable bonds is 5. The van der Waals surface area contributed by atoms with Gasteiger partial charge in [0.15, 0.2) is 0 Å². The zero-order chi connectivity index (χ0) is 15.7. The molecule has 21 heavy (non-hydrogen) atoms. The van der Waals surface area contributed by atoms with Crippen molar-refractivity contribution in [3.63, 3.8) is 0 Å². The first kappa shape index (κ1) is 15.9. The van der Waals surface area contributed by atoms with Gasteiger partial charge in [-0.2, -0.15) is 0 Å². The predicted molar refractivity (Wildman–Crippen MR) is 77.6 cm³/mol. The Hall–Kier alpha value is -1.45. The summed E-state index contributed by atoms with van der Waals surface area (Å²) >= 11 is 0. The second-order valence-corrected chi connectivity index (χ2v) is 6.46. The molecule has 2 rings (SSSR count). The molecule has 0 heterocycles. The number of hydrogen-bond acceptors (Lipinski definition) is 1. The molecule has 1 fully saturated rings. The maximum Gasteiger partial charge on any atom is 0.303 e. The van der Waals surface area contributed by atoms with Crippen LogP contribution in [0, 0.1) is 19.3 Å².